The standard InChI is InChI=1S/C10H10Br2O/c11-8-3-7(4-9(12)5-8)10(6-13)1-2-10/h3-5,13H,1-2,6H2. The third-order valence-corrected chi connectivity index (χ3v) is 3.55. The van der Waals surface area contributed by atoms with Gasteiger partial charge >= 0.3 is 0 Å². The smallest absolute Gasteiger partial charge is 0.0527 e. The highest BCUT2D eigenvalue weighted by atomic mass is 79.9. The van der Waals surface area contributed by atoms with Crippen molar-refractivity contribution in [3.8, 4) is 0 Å². The van der Waals surface area contributed by atoms with Crippen LogP contribution in [0.1, 0.15) is 18.4 Å². The Bertz CT molecular complexity index is 311. The van der Waals surface area contributed by atoms with Crippen molar-refractivity contribution in [3.05, 3.63) is 32.7 Å². The predicted octanol–water partition coefficient (Wildman–Crippen LogP) is 3.24. The molecule has 1 aromatic rings. The van der Waals surface area contributed by atoms with Crippen LogP contribution in [0.4, 0.5) is 0 Å². The minimum absolute atomic E-state index is 0.0618. The van der Waals surface area contributed by atoms with E-state index in [0.29, 0.717) is 0 Å². The van der Waals surface area contributed by atoms with E-state index in [4.69, 9.17) is 0 Å². The second-order valence-corrected chi connectivity index (χ2v) is 5.43. The molecule has 70 valence electrons. The summed E-state index contributed by atoms with van der Waals surface area (Å²) in [6.45, 7) is 0.260. The number of hydrogen-bond acceptors (Lipinski definition) is 1. The van der Waals surface area contributed by atoms with Crippen LogP contribution in [0.3, 0.4) is 0 Å². The van der Waals surface area contributed by atoms with Gasteiger partial charge in [0.15, 0.2) is 0 Å². The van der Waals surface area contributed by atoms with Crippen LogP contribution < -0.4 is 0 Å². The van der Waals surface area contributed by atoms with E-state index in [1.165, 1.54) is 5.56 Å². The second kappa shape index (κ2) is 3.37. The molecule has 0 bridgehead atoms. The summed E-state index contributed by atoms with van der Waals surface area (Å²) in [5.74, 6) is 0. The number of benzene rings is 1. The van der Waals surface area contributed by atoms with Gasteiger partial charge < -0.3 is 5.11 Å². The van der Waals surface area contributed by atoms with Crippen molar-refractivity contribution in [2.45, 2.75) is 18.3 Å². The molecule has 1 aromatic carbocycles. The van der Waals surface area contributed by atoms with E-state index >= 15 is 0 Å². The Kier molecular flexibility index (Phi) is 2.51. The van der Waals surface area contributed by atoms with E-state index in [0.717, 1.165) is 21.8 Å². The highest BCUT2D eigenvalue weighted by Crippen LogP contribution is 2.48. The zero-order chi connectivity index (χ0) is 9.47. The number of rotatable bonds is 2. The van der Waals surface area contributed by atoms with Gasteiger partial charge in [-0.3, -0.25) is 0 Å². The minimum atomic E-state index is 0.0618. The third-order valence-electron chi connectivity index (χ3n) is 2.63. The number of hydrogen-bond donors (Lipinski definition) is 1. The van der Waals surface area contributed by atoms with Crippen molar-refractivity contribution in [3.63, 3.8) is 0 Å². The van der Waals surface area contributed by atoms with E-state index in [-0.39, 0.29) is 12.0 Å². The van der Waals surface area contributed by atoms with Crippen LogP contribution in [0, 0.1) is 0 Å². The zero-order valence-electron chi connectivity index (χ0n) is 7.06. The lowest BCUT2D eigenvalue weighted by Crippen LogP contribution is -2.11. The summed E-state index contributed by atoms with van der Waals surface area (Å²) in [5, 5.41) is 9.26. The average Bonchev–Trinajstić information content (AvgIpc) is 2.82. The number of aliphatic hydroxyl groups is 1. The fraction of sp³-hybridized carbons (Fsp3) is 0.400. The molecule has 0 amide bonds. The third kappa shape index (κ3) is 1.83. The fourth-order valence-corrected chi connectivity index (χ4v) is 2.84. The molecule has 1 aliphatic carbocycles. The topological polar surface area (TPSA) is 20.2 Å². The van der Waals surface area contributed by atoms with Crippen LogP contribution in [0.2, 0.25) is 0 Å². The van der Waals surface area contributed by atoms with Gasteiger partial charge in [0.1, 0.15) is 0 Å². The number of aliphatic hydroxyl groups excluding tert-OH is 1. The first-order valence-corrected chi connectivity index (χ1v) is 5.82. The molecule has 13 heavy (non-hydrogen) atoms. The summed E-state index contributed by atoms with van der Waals surface area (Å²) < 4.78 is 2.13. The Balaban J connectivity index is 2.40. The highest BCUT2D eigenvalue weighted by molar-refractivity contribution is 9.11. The van der Waals surface area contributed by atoms with Gasteiger partial charge in [0.25, 0.3) is 0 Å². The van der Waals surface area contributed by atoms with Crippen LogP contribution in [0.15, 0.2) is 27.1 Å². The van der Waals surface area contributed by atoms with Crippen molar-refractivity contribution >= 4 is 31.9 Å². The van der Waals surface area contributed by atoms with Gasteiger partial charge in [0.2, 0.25) is 0 Å². The van der Waals surface area contributed by atoms with Crippen molar-refractivity contribution in [2.24, 2.45) is 0 Å². The Morgan fingerprint density at radius 3 is 2.08 bits per heavy atom. The molecule has 0 saturated heterocycles. The van der Waals surface area contributed by atoms with E-state index < -0.39 is 0 Å². The quantitative estimate of drug-likeness (QED) is 0.889. The van der Waals surface area contributed by atoms with Crippen LogP contribution >= 0.6 is 31.9 Å². The Morgan fingerprint density at radius 2 is 1.69 bits per heavy atom. The lowest BCUT2D eigenvalue weighted by atomic mass is 9.97. The molecule has 1 nitrogen and oxygen atoms in total. The Morgan fingerprint density at radius 1 is 1.15 bits per heavy atom. The number of halogens is 2. The highest BCUT2D eigenvalue weighted by Gasteiger charge is 2.43. The monoisotopic (exact) mass is 304 g/mol. The summed E-state index contributed by atoms with van der Waals surface area (Å²) in [4.78, 5) is 0. The second-order valence-electron chi connectivity index (χ2n) is 3.60. The molecule has 0 radical (unpaired) electrons. The van der Waals surface area contributed by atoms with Crippen LogP contribution in [0.5, 0.6) is 0 Å². The van der Waals surface area contributed by atoms with Gasteiger partial charge in [-0.2, -0.15) is 0 Å². The fourth-order valence-electron chi connectivity index (χ4n) is 1.55. The molecule has 2 rings (SSSR count). The lowest BCUT2D eigenvalue weighted by Gasteiger charge is -2.12. The molecule has 1 saturated carbocycles. The normalized spacial score (nSPS) is 18.7. The molecular formula is C10H10Br2O. The summed E-state index contributed by atoms with van der Waals surface area (Å²) in [7, 11) is 0. The van der Waals surface area contributed by atoms with Crippen LogP contribution in [0.25, 0.3) is 0 Å². The molecular weight excluding hydrogens is 296 g/mol. The van der Waals surface area contributed by atoms with Crippen LogP contribution in [-0.2, 0) is 5.41 Å². The van der Waals surface area contributed by atoms with Gasteiger partial charge in [-0.15, -0.1) is 0 Å². The van der Waals surface area contributed by atoms with E-state index in [1.54, 1.807) is 0 Å². The molecule has 3 heteroatoms. The maximum atomic E-state index is 9.26. The van der Waals surface area contributed by atoms with E-state index in [9.17, 15) is 5.11 Å². The first kappa shape index (κ1) is 9.69. The van der Waals surface area contributed by atoms with Gasteiger partial charge in [-0.05, 0) is 36.6 Å². The molecule has 1 N–H and O–H groups in total. The molecule has 0 unspecified atom stereocenters. The summed E-state index contributed by atoms with van der Waals surface area (Å²) in [5.41, 5.74) is 1.29. The van der Waals surface area contributed by atoms with Crippen molar-refractivity contribution in [1.82, 2.24) is 0 Å². The first-order valence-electron chi connectivity index (χ1n) is 4.24. The summed E-state index contributed by atoms with van der Waals surface area (Å²) in [6, 6.07) is 6.19. The Labute approximate surface area is 94.4 Å². The van der Waals surface area contributed by atoms with Gasteiger partial charge in [-0.25, -0.2) is 0 Å². The molecule has 1 fully saturated rings. The van der Waals surface area contributed by atoms with Gasteiger partial charge in [0, 0.05) is 14.4 Å². The molecule has 0 aliphatic heterocycles. The van der Waals surface area contributed by atoms with Crippen molar-refractivity contribution < 1.29 is 5.11 Å². The Hall–Kier alpha value is 0.140. The SMILES string of the molecule is OCC1(c2cc(Br)cc(Br)c2)CC1. The summed E-state index contributed by atoms with van der Waals surface area (Å²) >= 11 is 6.90. The lowest BCUT2D eigenvalue weighted by molar-refractivity contribution is 0.255. The maximum absolute atomic E-state index is 9.26. The largest absolute Gasteiger partial charge is 0.395 e. The van der Waals surface area contributed by atoms with E-state index in [2.05, 4.69) is 44.0 Å². The van der Waals surface area contributed by atoms with Crippen LogP contribution in [-0.4, -0.2) is 11.7 Å². The minimum Gasteiger partial charge on any atom is -0.395 e. The first-order chi connectivity index (χ1) is 6.16. The molecule has 0 aromatic heterocycles. The summed E-state index contributed by atoms with van der Waals surface area (Å²) in [6.07, 6.45) is 2.21. The van der Waals surface area contributed by atoms with Crippen molar-refractivity contribution in [2.75, 3.05) is 6.61 Å². The molecule has 0 heterocycles. The van der Waals surface area contributed by atoms with Crippen molar-refractivity contribution in [1.29, 1.82) is 0 Å². The predicted molar refractivity (Wildman–Crippen MR) is 59.8 cm³/mol. The maximum Gasteiger partial charge on any atom is 0.0527 e. The zero-order valence-corrected chi connectivity index (χ0v) is 10.2. The molecule has 0 atom stereocenters. The van der Waals surface area contributed by atoms with E-state index in [1.807, 2.05) is 6.07 Å². The average molecular weight is 306 g/mol. The van der Waals surface area contributed by atoms with Gasteiger partial charge in [-0.1, -0.05) is 31.9 Å². The van der Waals surface area contributed by atoms with Gasteiger partial charge in [0.05, 0.1) is 6.61 Å². The molecule has 0 spiro atoms. The molecule has 1 aliphatic rings.